The van der Waals surface area contributed by atoms with Gasteiger partial charge in [-0.1, -0.05) is 6.07 Å². The van der Waals surface area contributed by atoms with Crippen molar-refractivity contribution in [2.45, 2.75) is 63.1 Å². The van der Waals surface area contributed by atoms with Crippen molar-refractivity contribution >= 4 is 17.6 Å². The van der Waals surface area contributed by atoms with E-state index < -0.39 is 17.1 Å². The van der Waals surface area contributed by atoms with E-state index in [0.29, 0.717) is 23.4 Å². The van der Waals surface area contributed by atoms with Crippen LogP contribution in [0, 0.1) is 17.8 Å². The fourth-order valence-corrected chi connectivity index (χ4v) is 5.70. The van der Waals surface area contributed by atoms with Crippen LogP contribution in [0.5, 0.6) is 0 Å². The van der Waals surface area contributed by atoms with Gasteiger partial charge >= 0.3 is 5.97 Å². The largest absolute Gasteiger partial charge is 0.478 e. The van der Waals surface area contributed by atoms with Crippen molar-refractivity contribution in [1.82, 2.24) is 5.32 Å². The molecule has 4 N–H and O–H groups in total. The van der Waals surface area contributed by atoms with Crippen LogP contribution in [0.1, 0.15) is 56.3 Å². The summed E-state index contributed by atoms with van der Waals surface area (Å²) in [5.41, 5.74) is -0.592. The topological polar surface area (TPSA) is 98.7 Å². The Morgan fingerprint density at radius 2 is 1.81 bits per heavy atom. The summed E-state index contributed by atoms with van der Waals surface area (Å²) in [6.07, 6.45) is 4.70. The van der Waals surface area contributed by atoms with E-state index in [0.717, 1.165) is 32.1 Å². The van der Waals surface area contributed by atoms with Gasteiger partial charge in [0.25, 0.3) is 0 Å². The van der Waals surface area contributed by atoms with Crippen molar-refractivity contribution in [3.63, 3.8) is 0 Å². The molecule has 4 fully saturated rings. The van der Waals surface area contributed by atoms with Crippen LogP contribution < -0.4 is 10.6 Å². The molecule has 4 aliphatic carbocycles. The molecule has 0 aliphatic heterocycles. The van der Waals surface area contributed by atoms with Crippen molar-refractivity contribution < 1.29 is 19.8 Å². The first kappa shape index (κ1) is 18.3. The predicted molar refractivity (Wildman–Crippen MR) is 102 cm³/mol. The normalized spacial score (nSPS) is 34.3. The number of carbonyl (C=O) groups excluding carboxylic acids is 1. The van der Waals surface area contributed by atoms with Crippen LogP contribution in [0.3, 0.4) is 0 Å². The van der Waals surface area contributed by atoms with Crippen molar-refractivity contribution in [3.8, 4) is 0 Å². The van der Waals surface area contributed by atoms with Gasteiger partial charge in [0.1, 0.15) is 5.54 Å². The van der Waals surface area contributed by atoms with E-state index in [-0.39, 0.29) is 17.5 Å². The number of hydrogen-bond donors (Lipinski definition) is 4. The zero-order chi connectivity index (χ0) is 19.4. The highest BCUT2D eigenvalue weighted by molar-refractivity contribution is 5.91. The Hall–Kier alpha value is -2.08. The van der Waals surface area contributed by atoms with Gasteiger partial charge in [-0.2, -0.15) is 0 Å². The summed E-state index contributed by atoms with van der Waals surface area (Å²) in [7, 11) is 0. The number of amides is 1. The maximum absolute atomic E-state index is 13.0. The molecule has 0 heterocycles. The molecule has 1 aromatic carbocycles. The summed E-state index contributed by atoms with van der Waals surface area (Å²) < 4.78 is 0. The van der Waals surface area contributed by atoms with Gasteiger partial charge in [-0.05, 0) is 81.9 Å². The molecule has 5 rings (SSSR count). The van der Waals surface area contributed by atoms with E-state index in [4.69, 9.17) is 5.11 Å². The van der Waals surface area contributed by atoms with Crippen LogP contribution in [0.25, 0.3) is 0 Å². The van der Waals surface area contributed by atoms with Gasteiger partial charge in [0.05, 0.1) is 11.2 Å². The molecule has 4 aliphatic rings. The van der Waals surface area contributed by atoms with Crippen LogP contribution in [0.2, 0.25) is 0 Å². The molecule has 6 nitrogen and oxygen atoms in total. The van der Waals surface area contributed by atoms with Gasteiger partial charge in [-0.15, -0.1) is 0 Å². The minimum absolute atomic E-state index is 0.0901. The van der Waals surface area contributed by atoms with Gasteiger partial charge in [0.15, 0.2) is 0 Å². The van der Waals surface area contributed by atoms with Gasteiger partial charge in [0.2, 0.25) is 5.91 Å². The van der Waals surface area contributed by atoms with Gasteiger partial charge in [0, 0.05) is 11.7 Å². The number of aromatic carboxylic acids is 1. The van der Waals surface area contributed by atoms with Crippen molar-refractivity contribution in [2.24, 2.45) is 17.8 Å². The van der Waals surface area contributed by atoms with E-state index in [9.17, 15) is 14.7 Å². The number of aliphatic hydroxyl groups is 1. The third-order valence-corrected chi connectivity index (χ3v) is 6.67. The number of carboxylic acid groups (broad SMARTS) is 1. The fourth-order valence-electron chi connectivity index (χ4n) is 5.70. The second kappa shape index (κ2) is 6.23. The van der Waals surface area contributed by atoms with Crippen LogP contribution >= 0.6 is 0 Å². The van der Waals surface area contributed by atoms with E-state index in [1.807, 2.05) is 0 Å². The molecule has 0 radical (unpaired) electrons. The average Bonchev–Trinajstić information content (AvgIpc) is 2.56. The van der Waals surface area contributed by atoms with E-state index >= 15 is 0 Å². The Balaban J connectivity index is 1.44. The minimum atomic E-state index is -0.993. The van der Waals surface area contributed by atoms with Gasteiger partial charge in [-0.25, -0.2) is 4.79 Å². The maximum Gasteiger partial charge on any atom is 0.335 e. The molecule has 27 heavy (non-hydrogen) atoms. The quantitative estimate of drug-likeness (QED) is 0.637. The predicted octanol–water partition coefficient (Wildman–Crippen LogP) is 2.63. The Morgan fingerprint density at radius 1 is 1.15 bits per heavy atom. The van der Waals surface area contributed by atoms with Gasteiger partial charge in [-0.3, -0.25) is 4.79 Å². The fraction of sp³-hybridized carbons (Fsp3) is 0.619. The Kier molecular flexibility index (Phi) is 4.22. The number of benzene rings is 1. The van der Waals surface area contributed by atoms with Crippen molar-refractivity contribution in [2.75, 3.05) is 5.32 Å². The lowest BCUT2D eigenvalue weighted by molar-refractivity contribution is -0.148. The van der Waals surface area contributed by atoms with Crippen molar-refractivity contribution in [3.05, 3.63) is 29.8 Å². The van der Waals surface area contributed by atoms with E-state index in [2.05, 4.69) is 10.6 Å². The molecule has 6 heteroatoms. The zero-order valence-electron chi connectivity index (χ0n) is 15.9. The van der Waals surface area contributed by atoms with Crippen LogP contribution in [-0.2, 0) is 4.79 Å². The first-order valence-electron chi connectivity index (χ1n) is 9.80. The summed E-state index contributed by atoms with van der Waals surface area (Å²) >= 11 is 0. The highest BCUT2D eigenvalue weighted by atomic mass is 16.4. The highest BCUT2D eigenvalue weighted by Gasteiger charge is 2.55. The third-order valence-electron chi connectivity index (χ3n) is 6.67. The monoisotopic (exact) mass is 372 g/mol. The lowest BCUT2D eigenvalue weighted by Gasteiger charge is -2.58. The lowest BCUT2D eigenvalue weighted by atomic mass is 9.52. The van der Waals surface area contributed by atoms with Crippen LogP contribution in [0.15, 0.2) is 24.3 Å². The average molecular weight is 372 g/mol. The number of rotatable bonds is 5. The molecule has 1 amide bonds. The second-order valence-electron chi connectivity index (χ2n) is 9.33. The summed E-state index contributed by atoms with van der Waals surface area (Å²) in [4.78, 5) is 24.2. The minimum Gasteiger partial charge on any atom is -0.478 e. The maximum atomic E-state index is 13.0. The first-order valence-corrected chi connectivity index (χ1v) is 9.80. The lowest BCUT2D eigenvalue weighted by Crippen LogP contribution is -2.63. The smallest absolute Gasteiger partial charge is 0.335 e. The summed E-state index contributed by atoms with van der Waals surface area (Å²) in [6.45, 7) is 3.61. The zero-order valence-corrected chi connectivity index (χ0v) is 15.9. The second-order valence-corrected chi connectivity index (χ2v) is 9.33. The molecule has 4 bridgehead atoms. The molecule has 3 unspecified atom stereocenters. The summed E-state index contributed by atoms with van der Waals surface area (Å²) in [6, 6.07) is 6.62. The molecule has 4 saturated carbocycles. The summed E-state index contributed by atoms with van der Waals surface area (Å²) in [5.74, 6) is 0.235. The number of nitrogens with one attached hydrogen (secondary N) is 2. The first-order chi connectivity index (χ1) is 12.7. The van der Waals surface area contributed by atoms with E-state index in [1.165, 1.54) is 12.1 Å². The Morgan fingerprint density at radius 3 is 2.41 bits per heavy atom. The van der Waals surface area contributed by atoms with Crippen LogP contribution in [0.4, 0.5) is 5.69 Å². The molecule has 0 saturated heterocycles. The third kappa shape index (κ3) is 3.43. The standard InChI is InChI=1S/C21H28N2O4/c1-20(2,23-16-5-3-4-13(8-16)18(24)25)19(26)22-17-14-6-12-7-15(17)11-21(27,9-12)10-14/h3-5,8,12,14-15,17,23,27H,6-7,9-11H2,1-2H3,(H,22,26)(H,24,25)/t12?,14-,15+,17?,21?. The van der Waals surface area contributed by atoms with Crippen molar-refractivity contribution in [1.29, 1.82) is 0 Å². The summed E-state index contributed by atoms with van der Waals surface area (Å²) in [5, 5.41) is 26.3. The number of hydrogen-bond acceptors (Lipinski definition) is 4. The van der Waals surface area contributed by atoms with Crippen LogP contribution in [-0.4, -0.2) is 39.3 Å². The van der Waals surface area contributed by atoms with Gasteiger partial charge < -0.3 is 20.8 Å². The number of anilines is 1. The molecule has 5 atom stereocenters. The SMILES string of the molecule is CC(C)(Nc1cccc(C(=O)O)c1)C(=O)NC1[C@@H]2CC3C[C@H]1CC(O)(C3)C2. The Bertz CT molecular complexity index is 759. The molecular weight excluding hydrogens is 344 g/mol. The number of carbonyl (C=O) groups is 2. The molecule has 146 valence electrons. The molecule has 1 aromatic rings. The molecule has 0 spiro atoms. The van der Waals surface area contributed by atoms with E-state index in [1.54, 1.807) is 26.0 Å². The molecular formula is C21H28N2O4. The Labute approximate surface area is 159 Å². The number of carboxylic acids is 1. The molecule has 0 aromatic heterocycles. The highest BCUT2D eigenvalue weighted by Crippen LogP contribution is 2.55.